The molecule has 0 amide bonds. The maximum Gasteiger partial charge on any atom is 0.181 e. The van der Waals surface area contributed by atoms with Crippen LogP contribution in [0.2, 0.25) is 0 Å². The van der Waals surface area contributed by atoms with Crippen LogP contribution < -0.4 is 5.73 Å². The summed E-state index contributed by atoms with van der Waals surface area (Å²) in [5.74, 6) is -0.129. The minimum absolute atomic E-state index is 0.0562. The predicted octanol–water partition coefficient (Wildman–Crippen LogP) is 0.923. The van der Waals surface area contributed by atoms with Crippen molar-refractivity contribution in [2.75, 3.05) is 6.61 Å². The first-order valence-corrected chi connectivity index (χ1v) is 3.89. The summed E-state index contributed by atoms with van der Waals surface area (Å²) in [6.07, 6.45) is 0. The third-order valence-corrected chi connectivity index (χ3v) is 1.46. The average Bonchev–Trinajstić information content (AvgIpc) is 1.86. The molecule has 3 nitrogen and oxygen atoms in total. The molecule has 0 rings (SSSR count). The summed E-state index contributed by atoms with van der Waals surface area (Å²) in [5, 5.41) is 0. The second-order valence-corrected chi connectivity index (χ2v) is 3.06. The van der Waals surface area contributed by atoms with Crippen molar-refractivity contribution in [3.63, 3.8) is 0 Å². The van der Waals surface area contributed by atoms with E-state index in [4.69, 9.17) is 10.5 Å². The normalized spacial score (nSPS) is 16.5. The Morgan fingerprint density at radius 3 is 2.36 bits per heavy atom. The third-order valence-electron chi connectivity index (χ3n) is 1.46. The predicted molar refractivity (Wildman–Crippen MR) is 44.1 cm³/mol. The summed E-state index contributed by atoms with van der Waals surface area (Å²) in [5.41, 5.74) is 4.49. The van der Waals surface area contributed by atoms with E-state index in [2.05, 4.69) is 0 Å². The summed E-state index contributed by atoms with van der Waals surface area (Å²) >= 11 is 0. The van der Waals surface area contributed by atoms with Crippen LogP contribution in [-0.2, 0) is 9.53 Å². The molecule has 0 aromatic carbocycles. The smallest absolute Gasteiger partial charge is 0.181 e. The second kappa shape index (κ2) is 3.83. The molecule has 0 saturated heterocycles. The van der Waals surface area contributed by atoms with Crippen LogP contribution in [0.15, 0.2) is 0 Å². The van der Waals surface area contributed by atoms with Gasteiger partial charge in [-0.2, -0.15) is 0 Å². The fourth-order valence-electron chi connectivity index (χ4n) is 0.944. The number of nitrogens with two attached hydrogens (primary N) is 1. The number of carbonyl (C=O) groups excluding carboxylic acids is 1. The van der Waals surface area contributed by atoms with E-state index in [0.717, 1.165) is 0 Å². The fourth-order valence-corrected chi connectivity index (χ4v) is 0.944. The molecular formula is C8H17NO2. The molecule has 0 heterocycles. The Bertz CT molecular complexity index is 141. The number of hydrogen-bond donors (Lipinski definition) is 1. The number of carbonyl (C=O) groups is 1. The molecule has 0 aromatic rings. The van der Waals surface area contributed by atoms with Crippen LogP contribution in [0, 0.1) is 5.92 Å². The van der Waals surface area contributed by atoms with Crippen molar-refractivity contribution < 1.29 is 9.53 Å². The zero-order valence-corrected chi connectivity index (χ0v) is 7.68. The highest BCUT2D eigenvalue weighted by molar-refractivity contribution is 5.87. The van der Waals surface area contributed by atoms with E-state index >= 15 is 0 Å². The zero-order chi connectivity index (χ0) is 9.07. The minimum Gasteiger partial charge on any atom is -0.354 e. The van der Waals surface area contributed by atoms with Gasteiger partial charge in [0.25, 0.3) is 0 Å². The number of hydrogen-bond acceptors (Lipinski definition) is 3. The highest BCUT2D eigenvalue weighted by Crippen LogP contribution is 2.09. The monoisotopic (exact) mass is 159 g/mol. The van der Waals surface area contributed by atoms with E-state index in [1.165, 1.54) is 0 Å². The fraction of sp³-hybridized carbons (Fsp3) is 0.875. The third kappa shape index (κ3) is 2.99. The molecule has 0 aliphatic carbocycles. The lowest BCUT2D eigenvalue weighted by molar-refractivity contribution is -0.144. The Hall–Kier alpha value is -0.410. The van der Waals surface area contributed by atoms with Crippen molar-refractivity contribution in [2.24, 2.45) is 11.7 Å². The average molecular weight is 159 g/mol. The quantitative estimate of drug-likeness (QED) is 0.621. The van der Waals surface area contributed by atoms with Crippen LogP contribution in [0.5, 0.6) is 0 Å². The maximum absolute atomic E-state index is 11.3. The van der Waals surface area contributed by atoms with Gasteiger partial charge in [0.05, 0.1) is 0 Å². The molecule has 0 fully saturated rings. The number of ketones is 1. The lowest BCUT2D eigenvalue weighted by atomic mass is 10.0. The van der Waals surface area contributed by atoms with E-state index in [1.54, 1.807) is 6.92 Å². The molecule has 11 heavy (non-hydrogen) atoms. The molecule has 0 spiro atoms. The van der Waals surface area contributed by atoms with Gasteiger partial charge in [-0.1, -0.05) is 13.8 Å². The molecule has 0 saturated carbocycles. The Balaban J connectivity index is 4.17. The van der Waals surface area contributed by atoms with Crippen LogP contribution in [-0.4, -0.2) is 18.1 Å². The Morgan fingerprint density at radius 2 is 2.09 bits per heavy atom. The van der Waals surface area contributed by atoms with Crippen molar-refractivity contribution in [2.45, 2.75) is 33.4 Å². The van der Waals surface area contributed by atoms with Crippen LogP contribution >= 0.6 is 0 Å². The van der Waals surface area contributed by atoms with Gasteiger partial charge in [0, 0.05) is 12.5 Å². The van der Waals surface area contributed by atoms with E-state index < -0.39 is 5.72 Å². The Morgan fingerprint density at radius 1 is 1.64 bits per heavy atom. The van der Waals surface area contributed by atoms with E-state index in [0.29, 0.717) is 6.61 Å². The van der Waals surface area contributed by atoms with Gasteiger partial charge in [0.15, 0.2) is 11.5 Å². The highest BCUT2D eigenvalue weighted by atomic mass is 16.5. The van der Waals surface area contributed by atoms with Gasteiger partial charge in [0.2, 0.25) is 0 Å². The largest absolute Gasteiger partial charge is 0.354 e. The second-order valence-electron chi connectivity index (χ2n) is 3.06. The minimum atomic E-state index is -1.11. The van der Waals surface area contributed by atoms with Crippen molar-refractivity contribution in [1.82, 2.24) is 0 Å². The van der Waals surface area contributed by atoms with Crippen molar-refractivity contribution in [3.05, 3.63) is 0 Å². The standard InChI is InChI=1S/C8H17NO2/c1-5-11-8(4,9)7(10)6(2)3/h6H,5,9H2,1-4H3. The summed E-state index contributed by atoms with van der Waals surface area (Å²) in [4.78, 5) is 11.3. The molecule has 1 unspecified atom stereocenters. The van der Waals surface area contributed by atoms with Crippen LogP contribution in [0.25, 0.3) is 0 Å². The van der Waals surface area contributed by atoms with Gasteiger partial charge in [-0.3, -0.25) is 10.5 Å². The van der Waals surface area contributed by atoms with Gasteiger partial charge < -0.3 is 4.74 Å². The molecule has 0 aromatic heterocycles. The van der Waals surface area contributed by atoms with Gasteiger partial charge in [-0.15, -0.1) is 0 Å². The molecule has 66 valence electrons. The van der Waals surface area contributed by atoms with Crippen LogP contribution in [0.3, 0.4) is 0 Å². The van der Waals surface area contributed by atoms with Gasteiger partial charge in [-0.25, -0.2) is 0 Å². The molecule has 2 N–H and O–H groups in total. The highest BCUT2D eigenvalue weighted by Gasteiger charge is 2.30. The zero-order valence-electron chi connectivity index (χ0n) is 7.68. The van der Waals surface area contributed by atoms with Crippen molar-refractivity contribution in [3.8, 4) is 0 Å². The van der Waals surface area contributed by atoms with Gasteiger partial charge in [0.1, 0.15) is 0 Å². The van der Waals surface area contributed by atoms with Crippen molar-refractivity contribution >= 4 is 5.78 Å². The summed E-state index contributed by atoms with van der Waals surface area (Å²) in [6.45, 7) is 7.50. The molecule has 3 heteroatoms. The van der Waals surface area contributed by atoms with Crippen LogP contribution in [0.4, 0.5) is 0 Å². The number of rotatable bonds is 4. The Labute approximate surface area is 67.9 Å². The number of Topliss-reactive ketones (excluding diaryl/α,β-unsaturated/α-hetero) is 1. The van der Waals surface area contributed by atoms with Gasteiger partial charge in [-0.05, 0) is 13.8 Å². The van der Waals surface area contributed by atoms with E-state index in [1.807, 2.05) is 20.8 Å². The lowest BCUT2D eigenvalue weighted by Crippen LogP contribution is -2.49. The van der Waals surface area contributed by atoms with Crippen LogP contribution in [0.1, 0.15) is 27.7 Å². The van der Waals surface area contributed by atoms with Gasteiger partial charge >= 0.3 is 0 Å². The molecular weight excluding hydrogens is 142 g/mol. The summed E-state index contributed by atoms with van der Waals surface area (Å²) in [7, 11) is 0. The lowest BCUT2D eigenvalue weighted by Gasteiger charge is -2.24. The molecule has 0 bridgehead atoms. The SMILES string of the molecule is CCOC(C)(N)C(=O)C(C)C. The number of ether oxygens (including phenoxy) is 1. The summed E-state index contributed by atoms with van der Waals surface area (Å²) in [6, 6.07) is 0. The topological polar surface area (TPSA) is 52.3 Å². The molecule has 0 aliphatic rings. The molecule has 0 radical (unpaired) electrons. The maximum atomic E-state index is 11.3. The molecule has 1 atom stereocenters. The van der Waals surface area contributed by atoms with E-state index in [-0.39, 0.29) is 11.7 Å². The van der Waals surface area contributed by atoms with E-state index in [9.17, 15) is 4.79 Å². The first-order valence-electron chi connectivity index (χ1n) is 3.89. The summed E-state index contributed by atoms with van der Waals surface area (Å²) < 4.78 is 5.08. The first kappa shape index (κ1) is 10.6. The molecule has 0 aliphatic heterocycles. The Kier molecular flexibility index (Phi) is 3.69. The van der Waals surface area contributed by atoms with Crippen molar-refractivity contribution in [1.29, 1.82) is 0 Å². The first-order chi connectivity index (χ1) is 4.91.